The normalized spacial score (nSPS) is 12.2. The summed E-state index contributed by atoms with van der Waals surface area (Å²) in [6.07, 6.45) is 1.66. The van der Waals surface area contributed by atoms with Crippen LogP contribution >= 0.6 is 0 Å². The van der Waals surface area contributed by atoms with E-state index in [-0.39, 0.29) is 6.61 Å². The van der Waals surface area contributed by atoms with Crippen LogP contribution in [-0.2, 0) is 14.3 Å². The van der Waals surface area contributed by atoms with Crippen LogP contribution in [0.2, 0.25) is 0 Å². The maximum absolute atomic E-state index is 11.0. The van der Waals surface area contributed by atoms with E-state index in [0.717, 1.165) is 12.8 Å². The van der Waals surface area contributed by atoms with Crippen molar-refractivity contribution in [3.8, 4) is 0 Å². The number of hydrogen-bond donors (Lipinski definition) is 2. The van der Waals surface area contributed by atoms with Gasteiger partial charge in [-0.25, -0.2) is 9.59 Å². The molecule has 0 aromatic heterocycles. The van der Waals surface area contributed by atoms with Gasteiger partial charge in [0.1, 0.15) is 0 Å². The largest absolute Gasteiger partial charge is 0.480 e. The molecule has 5 heteroatoms. The standard InChI is InChI=1S/C8H15NO4/c1-3-4-5-13-8(12)6(9-2)7(10)11/h6,9H,3-5H2,1-2H3,(H,10,11). The van der Waals surface area contributed by atoms with Crippen LogP contribution in [-0.4, -0.2) is 36.7 Å². The predicted molar refractivity (Wildman–Crippen MR) is 46.4 cm³/mol. The average Bonchev–Trinajstić information content (AvgIpc) is 2.05. The highest BCUT2D eigenvalue weighted by molar-refractivity contribution is 5.98. The molecule has 0 aliphatic heterocycles. The minimum Gasteiger partial charge on any atom is -0.480 e. The maximum atomic E-state index is 11.0. The van der Waals surface area contributed by atoms with Crippen LogP contribution < -0.4 is 5.32 Å². The molecule has 0 saturated carbocycles. The van der Waals surface area contributed by atoms with Gasteiger partial charge in [-0.05, 0) is 13.5 Å². The monoisotopic (exact) mass is 189 g/mol. The molecule has 5 nitrogen and oxygen atoms in total. The van der Waals surface area contributed by atoms with Crippen molar-refractivity contribution >= 4 is 11.9 Å². The number of likely N-dealkylation sites (N-methyl/N-ethyl adjacent to an activating group) is 1. The maximum Gasteiger partial charge on any atom is 0.334 e. The van der Waals surface area contributed by atoms with E-state index in [9.17, 15) is 9.59 Å². The van der Waals surface area contributed by atoms with Crippen molar-refractivity contribution in [3.05, 3.63) is 0 Å². The molecule has 1 unspecified atom stereocenters. The number of aliphatic carboxylic acids is 1. The number of carboxylic acids is 1. The van der Waals surface area contributed by atoms with E-state index in [1.165, 1.54) is 7.05 Å². The van der Waals surface area contributed by atoms with Crippen LogP contribution in [0.5, 0.6) is 0 Å². The molecule has 0 aliphatic carbocycles. The number of esters is 1. The molecule has 0 bridgehead atoms. The zero-order valence-electron chi connectivity index (χ0n) is 7.87. The van der Waals surface area contributed by atoms with E-state index in [1.54, 1.807) is 0 Å². The molecule has 2 N–H and O–H groups in total. The van der Waals surface area contributed by atoms with Crippen LogP contribution in [0, 0.1) is 0 Å². The molecule has 0 saturated heterocycles. The molecular formula is C8H15NO4. The highest BCUT2D eigenvalue weighted by atomic mass is 16.5. The minimum atomic E-state index is -1.25. The third-order valence-electron chi connectivity index (χ3n) is 1.51. The number of rotatable bonds is 6. The molecule has 0 aliphatic rings. The van der Waals surface area contributed by atoms with Gasteiger partial charge in [0.2, 0.25) is 6.04 Å². The fourth-order valence-corrected chi connectivity index (χ4v) is 0.743. The summed E-state index contributed by atoms with van der Waals surface area (Å²) >= 11 is 0. The van der Waals surface area contributed by atoms with Gasteiger partial charge in [0.15, 0.2) is 0 Å². The Morgan fingerprint density at radius 2 is 2.15 bits per heavy atom. The summed E-state index contributed by atoms with van der Waals surface area (Å²) in [5, 5.41) is 10.9. The second kappa shape index (κ2) is 6.42. The number of hydrogen-bond acceptors (Lipinski definition) is 4. The lowest BCUT2D eigenvalue weighted by molar-refractivity contribution is -0.155. The third-order valence-corrected chi connectivity index (χ3v) is 1.51. The number of carbonyl (C=O) groups excluding carboxylic acids is 1. The molecule has 0 aromatic carbocycles. The molecule has 0 fully saturated rings. The Hall–Kier alpha value is -1.10. The molecular weight excluding hydrogens is 174 g/mol. The Balaban J connectivity index is 3.85. The summed E-state index contributed by atoms with van der Waals surface area (Å²) in [6.45, 7) is 2.24. The summed E-state index contributed by atoms with van der Waals surface area (Å²) in [5.74, 6) is -1.95. The van der Waals surface area contributed by atoms with Gasteiger partial charge in [0.05, 0.1) is 6.61 Å². The van der Waals surface area contributed by atoms with E-state index in [0.29, 0.717) is 0 Å². The highest BCUT2D eigenvalue weighted by Gasteiger charge is 2.25. The molecule has 0 radical (unpaired) electrons. The van der Waals surface area contributed by atoms with Crippen LogP contribution in [0.3, 0.4) is 0 Å². The Labute approximate surface area is 77.1 Å². The molecule has 0 rings (SSSR count). The zero-order chi connectivity index (χ0) is 10.3. The molecule has 0 heterocycles. The first kappa shape index (κ1) is 11.9. The average molecular weight is 189 g/mol. The van der Waals surface area contributed by atoms with Crippen LogP contribution in [0.15, 0.2) is 0 Å². The number of carbonyl (C=O) groups is 2. The summed E-state index contributed by atoms with van der Waals surface area (Å²) < 4.78 is 4.71. The third kappa shape index (κ3) is 4.47. The Morgan fingerprint density at radius 3 is 2.54 bits per heavy atom. The fraction of sp³-hybridized carbons (Fsp3) is 0.750. The van der Waals surface area contributed by atoms with E-state index in [2.05, 4.69) is 5.32 Å². The summed E-state index contributed by atoms with van der Waals surface area (Å²) in [4.78, 5) is 21.5. The topological polar surface area (TPSA) is 75.6 Å². The fourth-order valence-electron chi connectivity index (χ4n) is 0.743. The Kier molecular flexibility index (Phi) is 5.88. The van der Waals surface area contributed by atoms with Crippen molar-refractivity contribution in [1.82, 2.24) is 5.32 Å². The van der Waals surface area contributed by atoms with E-state index < -0.39 is 18.0 Å². The Morgan fingerprint density at radius 1 is 1.54 bits per heavy atom. The number of unbranched alkanes of at least 4 members (excludes halogenated alkanes) is 1. The van der Waals surface area contributed by atoms with Gasteiger partial charge >= 0.3 is 11.9 Å². The molecule has 0 spiro atoms. The lowest BCUT2D eigenvalue weighted by atomic mass is 10.3. The van der Waals surface area contributed by atoms with Gasteiger partial charge < -0.3 is 9.84 Å². The van der Waals surface area contributed by atoms with Crippen LogP contribution in [0.1, 0.15) is 19.8 Å². The van der Waals surface area contributed by atoms with Crippen molar-refractivity contribution < 1.29 is 19.4 Å². The van der Waals surface area contributed by atoms with Crippen molar-refractivity contribution in [1.29, 1.82) is 0 Å². The van der Waals surface area contributed by atoms with Gasteiger partial charge in [-0.1, -0.05) is 13.3 Å². The second-order valence-electron chi connectivity index (χ2n) is 2.58. The van der Waals surface area contributed by atoms with Gasteiger partial charge in [-0.3, -0.25) is 5.32 Å². The first-order chi connectivity index (χ1) is 6.13. The lowest BCUT2D eigenvalue weighted by Crippen LogP contribution is -2.42. The Bertz CT molecular complexity index is 181. The number of ether oxygens (including phenoxy) is 1. The van der Waals surface area contributed by atoms with E-state index in [4.69, 9.17) is 9.84 Å². The highest BCUT2D eigenvalue weighted by Crippen LogP contribution is 1.93. The SMILES string of the molecule is CCCCOC(=O)C(NC)C(=O)O. The lowest BCUT2D eigenvalue weighted by Gasteiger charge is -2.10. The van der Waals surface area contributed by atoms with Crippen molar-refractivity contribution in [2.75, 3.05) is 13.7 Å². The molecule has 13 heavy (non-hydrogen) atoms. The van der Waals surface area contributed by atoms with Crippen molar-refractivity contribution in [2.24, 2.45) is 0 Å². The molecule has 76 valence electrons. The van der Waals surface area contributed by atoms with Crippen molar-refractivity contribution in [2.45, 2.75) is 25.8 Å². The van der Waals surface area contributed by atoms with Gasteiger partial charge in [-0.2, -0.15) is 0 Å². The smallest absolute Gasteiger partial charge is 0.334 e. The summed E-state index contributed by atoms with van der Waals surface area (Å²) in [5.41, 5.74) is 0. The quantitative estimate of drug-likeness (QED) is 0.349. The minimum absolute atomic E-state index is 0.279. The zero-order valence-corrected chi connectivity index (χ0v) is 7.87. The van der Waals surface area contributed by atoms with Crippen LogP contribution in [0.25, 0.3) is 0 Å². The first-order valence-electron chi connectivity index (χ1n) is 4.20. The molecule has 1 atom stereocenters. The number of carboxylic acid groups (broad SMARTS) is 1. The molecule has 0 amide bonds. The first-order valence-corrected chi connectivity index (χ1v) is 4.20. The van der Waals surface area contributed by atoms with Gasteiger partial charge in [0, 0.05) is 0 Å². The summed E-state index contributed by atoms with van der Waals surface area (Å²) in [7, 11) is 1.40. The van der Waals surface area contributed by atoms with E-state index in [1.807, 2.05) is 6.92 Å². The second-order valence-corrected chi connectivity index (χ2v) is 2.58. The molecule has 0 aromatic rings. The number of nitrogens with one attached hydrogen (secondary N) is 1. The van der Waals surface area contributed by atoms with E-state index >= 15 is 0 Å². The predicted octanol–water partition coefficient (Wildman–Crippen LogP) is 0.00230. The van der Waals surface area contributed by atoms with Gasteiger partial charge in [-0.15, -0.1) is 0 Å². The van der Waals surface area contributed by atoms with Gasteiger partial charge in [0.25, 0.3) is 0 Å². The summed E-state index contributed by atoms with van der Waals surface area (Å²) in [6, 6.07) is -1.25. The van der Waals surface area contributed by atoms with Crippen molar-refractivity contribution in [3.63, 3.8) is 0 Å². The van der Waals surface area contributed by atoms with Crippen LogP contribution in [0.4, 0.5) is 0 Å².